The molecule has 1 aliphatic carbocycles. The van der Waals surface area contributed by atoms with Gasteiger partial charge in [0.25, 0.3) is 0 Å². The number of sulfonamides is 1. The maximum Gasteiger partial charge on any atom is 0.305 e. The Hall–Kier alpha value is -1.93. The molecule has 2 rings (SSSR count). The fraction of sp³-hybridized carbons (Fsp3) is 0.500. The van der Waals surface area contributed by atoms with Crippen molar-refractivity contribution in [2.24, 2.45) is 5.73 Å². The van der Waals surface area contributed by atoms with Crippen LogP contribution in [0.15, 0.2) is 29.2 Å². The fourth-order valence-corrected chi connectivity index (χ4v) is 4.22. The zero-order valence-electron chi connectivity index (χ0n) is 13.6. The lowest BCUT2D eigenvalue weighted by Gasteiger charge is -2.22. The predicted octanol–water partition coefficient (Wildman–Crippen LogP) is 1.28. The van der Waals surface area contributed by atoms with Gasteiger partial charge in [-0.05, 0) is 43.9 Å². The molecule has 0 aliphatic heterocycles. The number of methoxy groups -OCH3 is 1. The lowest BCUT2D eigenvalue weighted by Crippen LogP contribution is -2.34. The van der Waals surface area contributed by atoms with Gasteiger partial charge in [-0.3, -0.25) is 9.59 Å². The van der Waals surface area contributed by atoms with E-state index >= 15 is 0 Å². The molecule has 0 aromatic heterocycles. The summed E-state index contributed by atoms with van der Waals surface area (Å²) in [4.78, 5) is 22.5. The summed E-state index contributed by atoms with van der Waals surface area (Å²) >= 11 is 0. The van der Waals surface area contributed by atoms with E-state index in [4.69, 9.17) is 5.73 Å². The van der Waals surface area contributed by atoms with E-state index in [0.717, 1.165) is 12.8 Å². The Labute approximate surface area is 141 Å². The van der Waals surface area contributed by atoms with E-state index in [9.17, 15) is 18.0 Å². The van der Waals surface area contributed by atoms with E-state index < -0.39 is 15.9 Å². The average Bonchev–Trinajstić information content (AvgIpc) is 3.39. The second kappa shape index (κ2) is 7.76. The van der Waals surface area contributed by atoms with Crippen LogP contribution in [0.1, 0.15) is 42.5 Å². The Morgan fingerprint density at radius 2 is 2.00 bits per heavy atom. The monoisotopic (exact) mass is 354 g/mol. The minimum atomic E-state index is -3.69. The van der Waals surface area contributed by atoms with Gasteiger partial charge in [0.15, 0.2) is 0 Å². The Morgan fingerprint density at radius 1 is 1.29 bits per heavy atom. The summed E-state index contributed by atoms with van der Waals surface area (Å²) in [5.41, 5.74) is 5.39. The number of primary amides is 1. The Balaban J connectivity index is 2.10. The molecule has 0 spiro atoms. The molecule has 0 bridgehead atoms. The highest BCUT2D eigenvalue weighted by Gasteiger charge is 2.37. The van der Waals surface area contributed by atoms with Crippen molar-refractivity contribution in [1.29, 1.82) is 0 Å². The Morgan fingerprint density at radius 3 is 2.58 bits per heavy atom. The number of nitrogens with zero attached hydrogens (tertiary/aromatic N) is 1. The van der Waals surface area contributed by atoms with Crippen LogP contribution in [0.2, 0.25) is 0 Å². The summed E-state index contributed by atoms with van der Waals surface area (Å²) in [6.07, 6.45) is 3.05. The standard InChI is InChI=1S/C16H22N2O5S/c1-23-15(19)7-2-3-10-18(13-8-9-13)24(21,22)14-6-4-5-12(11-14)16(17)20/h4-6,11,13H,2-3,7-10H2,1H3,(H2,17,20). The number of carbonyl (C=O) groups is 2. The van der Waals surface area contributed by atoms with Crippen molar-refractivity contribution in [2.45, 2.75) is 43.0 Å². The van der Waals surface area contributed by atoms with Crippen LogP contribution in [0.3, 0.4) is 0 Å². The second-order valence-corrected chi connectivity index (χ2v) is 7.66. The minimum Gasteiger partial charge on any atom is -0.469 e. The average molecular weight is 354 g/mol. The smallest absolute Gasteiger partial charge is 0.305 e. The van der Waals surface area contributed by atoms with Crippen LogP contribution in [-0.4, -0.2) is 44.3 Å². The van der Waals surface area contributed by atoms with E-state index in [1.54, 1.807) is 0 Å². The molecular formula is C16H22N2O5S. The Kier molecular flexibility index (Phi) is 5.95. The third kappa shape index (κ3) is 4.55. The number of rotatable bonds is 9. The molecule has 1 fully saturated rings. The molecule has 1 amide bonds. The number of hydrogen-bond donors (Lipinski definition) is 1. The van der Waals surface area contributed by atoms with Gasteiger partial charge in [0.05, 0.1) is 12.0 Å². The quantitative estimate of drug-likeness (QED) is 0.531. The summed E-state index contributed by atoms with van der Waals surface area (Å²) in [7, 11) is -2.36. The van der Waals surface area contributed by atoms with Gasteiger partial charge in [0, 0.05) is 24.6 Å². The van der Waals surface area contributed by atoms with Gasteiger partial charge in [-0.25, -0.2) is 8.42 Å². The summed E-state index contributed by atoms with van der Waals surface area (Å²) < 4.78 is 31.7. The molecule has 7 nitrogen and oxygen atoms in total. The minimum absolute atomic E-state index is 0.00893. The summed E-state index contributed by atoms with van der Waals surface area (Å²) in [6.45, 7) is 0.338. The number of benzene rings is 1. The van der Waals surface area contributed by atoms with E-state index in [1.807, 2.05) is 0 Å². The number of esters is 1. The molecule has 0 saturated heterocycles. The lowest BCUT2D eigenvalue weighted by atomic mass is 10.2. The summed E-state index contributed by atoms with van der Waals surface area (Å²) in [5.74, 6) is -0.965. The van der Waals surface area contributed by atoms with Crippen molar-refractivity contribution < 1.29 is 22.7 Å². The van der Waals surface area contributed by atoms with Gasteiger partial charge in [-0.15, -0.1) is 0 Å². The third-order valence-corrected chi connectivity index (χ3v) is 5.86. The topological polar surface area (TPSA) is 107 Å². The van der Waals surface area contributed by atoms with E-state index in [0.29, 0.717) is 19.4 Å². The van der Waals surface area contributed by atoms with Crippen LogP contribution in [0.5, 0.6) is 0 Å². The largest absolute Gasteiger partial charge is 0.469 e. The van der Waals surface area contributed by atoms with Crippen molar-refractivity contribution in [3.05, 3.63) is 29.8 Å². The molecule has 8 heteroatoms. The SMILES string of the molecule is COC(=O)CCCCN(C1CC1)S(=O)(=O)c1cccc(C(N)=O)c1. The molecule has 0 radical (unpaired) electrons. The number of ether oxygens (including phenoxy) is 1. The first-order valence-corrected chi connectivity index (χ1v) is 9.29. The van der Waals surface area contributed by atoms with Crippen LogP contribution < -0.4 is 5.73 Å². The molecule has 1 aromatic rings. The van der Waals surface area contributed by atoms with Gasteiger partial charge in [0.1, 0.15) is 0 Å². The number of carbonyl (C=O) groups excluding carboxylic acids is 2. The third-order valence-electron chi connectivity index (χ3n) is 3.92. The van der Waals surface area contributed by atoms with Crippen molar-refractivity contribution in [3.63, 3.8) is 0 Å². The van der Waals surface area contributed by atoms with Crippen molar-refractivity contribution in [2.75, 3.05) is 13.7 Å². The highest BCUT2D eigenvalue weighted by Crippen LogP contribution is 2.32. The van der Waals surface area contributed by atoms with Crippen LogP contribution in [-0.2, 0) is 19.6 Å². The molecule has 132 valence electrons. The fourth-order valence-electron chi connectivity index (χ4n) is 2.45. The summed E-state index contributed by atoms with van der Waals surface area (Å²) in [5, 5.41) is 0. The zero-order chi connectivity index (χ0) is 17.7. The molecule has 0 heterocycles. The molecule has 2 N–H and O–H groups in total. The maximum absolute atomic E-state index is 12.9. The first-order chi connectivity index (χ1) is 11.4. The van der Waals surface area contributed by atoms with Gasteiger partial charge in [0.2, 0.25) is 15.9 Å². The molecule has 1 aliphatic rings. The molecule has 0 unspecified atom stereocenters. The molecule has 0 atom stereocenters. The van der Waals surface area contributed by atoms with Crippen molar-refractivity contribution in [1.82, 2.24) is 4.31 Å². The zero-order valence-corrected chi connectivity index (χ0v) is 14.4. The van der Waals surface area contributed by atoms with Crippen LogP contribution in [0.25, 0.3) is 0 Å². The highest BCUT2D eigenvalue weighted by atomic mass is 32.2. The number of unbranched alkanes of at least 4 members (excludes halogenated alkanes) is 1. The number of nitrogens with two attached hydrogens (primary N) is 1. The first kappa shape index (κ1) is 18.4. The van der Waals surface area contributed by atoms with E-state index in [-0.39, 0.29) is 28.9 Å². The van der Waals surface area contributed by atoms with Gasteiger partial charge >= 0.3 is 5.97 Å². The van der Waals surface area contributed by atoms with Gasteiger partial charge in [-0.1, -0.05) is 6.07 Å². The Bertz CT molecular complexity index is 713. The van der Waals surface area contributed by atoms with E-state index in [1.165, 1.54) is 35.7 Å². The highest BCUT2D eigenvalue weighted by molar-refractivity contribution is 7.89. The van der Waals surface area contributed by atoms with Crippen molar-refractivity contribution >= 4 is 21.9 Å². The van der Waals surface area contributed by atoms with Gasteiger partial charge in [-0.2, -0.15) is 4.31 Å². The van der Waals surface area contributed by atoms with Gasteiger partial charge < -0.3 is 10.5 Å². The predicted molar refractivity (Wildman–Crippen MR) is 87.7 cm³/mol. The van der Waals surface area contributed by atoms with Crippen LogP contribution in [0, 0.1) is 0 Å². The maximum atomic E-state index is 12.9. The number of hydrogen-bond acceptors (Lipinski definition) is 5. The van der Waals surface area contributed by atoms with Crippen LogP contribution >= 0.6 is 0 Å². The first-order valence-electron chi connectivity index (χ1n) is 7.85. The normalized spacial score (nSPS) is 14.6. The molecule has 1 aromatic carbocycles. The molecular weight excluding hydrogens is 332 g/mol. The number of amides is 1. The molecule has 24 heavy (non-hydrogen) atoms. The molecule has 1 saturated carbocycles. The second-order valence-electron chi connectivity index (χ2n) is 5.77. The van der Waals surface area contributed by atoms with Crippen molar-refractivity contribution in [3.8, 4) is 0 Å². The summed E-state index contributed by atoms with van der Waals surface area (Å²) in [6, 6.07) is 5.76. The van der Waals surface area contributed by atoms with E-state index in [2.05, 4.69) is 4.74 Å². The lowest BCUT2D eigenvalue weighted by molar-refractivity contribution is -0.140. The van der Waals surface area contributed by atoms with Crippen LogP contribution in [0.4, 0.5) is 0 Å².